The van der Waals surface area contributed by atoms with Gasteiger partial charge < -0.3 is 25.7 Å². The van der Waals surface area contributed by atoms with E-state index in [0.29, 0.717) is 11.3 Å². The van der Waals surface area contributed by atoms with E-state index in [4.69, 9.17) is 26.9 Å². The van der Waals surface area contributed by atoms with E-state index in [-0.39, 0.29) is 20.9 Å². The van der Waals surface area contributed by atoms with Crippen LogP contribution in [0.4, 0.5) is 5.13 Å². The smallest absolute Gasteiger partial charge is 0.352 e. The molecular weight excluding hydrogens is 510 g/mol. The largest absolute Gasteiger partial charge is 0.477 e. The summed E-state index contributed by atoms with van der Waals surface area (Å²) in [6, 6.07) is -1.01. The molecule has 1 fully saturated rings. The fourth-order valence-corrected chi connectivity index (χ4v) is 5.38. The third-order valence-electron chi connectivity index (χ3n) is 4.45. The van der Waals surface area contributed by atoms with Gasteiger partial charge >= 0.3 is 11.9 Å². The van der Waals surface area contributed by atoms with E-state index in [2.05, 4.69) is 15.5 Å². The highest BCUT2D eigenvalue weighted by Gasteiger charge is 2.54. The molecule has 0 bridgehead atoms. The standard InChI is InChI=1S/C19H22ClN5O7S2/c1-7-6-33-16-11(15(28)25(16)12(7)17(29)30)22-14(27)10(9-13(20)34-18(21)23-9)24-31-5-8(26)32-19(2,3)4/h11,16H,5-6H2,1-4H3,(H2,21,23)(H,22,27)(H,29,30)/t11?,16-/m1/s1. The molecule has 34 heavy (non-hydrogen) atoms. The second-order valence-corrected chi connectivity index (χ2v) is 11.0. The fraction of sp³-hybridized carbons (Fsp3) is 0.474. The molecule has 3 rings (SSSR count). The molecule has 0 spiro atoms. The Balaban J connectivity index is 1.78. The normalized spacial score (nSPS) is 20.4. The number of nitrogen functional groups attached to an aromatic ring is 1. The first-order valence-corrected chi connectivity index (χ1v) is 12.1. The Hall–Kier alpha value is -2.84. The lowest BCUT2D eigenvalue weighted by Crippen LogP contribution is -2.71. The first kappa shape index (κ1) is 25.8. The van der Waals surface area contributed by atoms with Gasteiger partial charge in [0.25, 0.3) is 11.8 Å². The molecule has 1 aromatic rings. The predicted molar refractivity (Wildman–Crippen MR) is 125 cm³/mol. The summed E-state index contributed by atoms with van der Waals surface area (Å²) < 4.78 is 5.17. The molecule has 184 valence electrons. The summed E-state index contributed by atoms with van der Waals surface area (Å²) in [6.07, 6.45) is 0. The number of fused-ring (bicyclic) bond motifs is 1. The second kappa shape index (κ2) is 9.80. The molecule has 0 radical (unpaired) electrons. The van der Waals surface area contributed by atoms with Crippen LogP contribution in [-0.4, -0.2) is 73.8 Å². The Morgan fingerprint density at radius 1 is 1.38 bits per heavy atom. The average molecular weight is 532 g/mol. The van der Waals surface area contributed by atoms with Crippen LogP contribution in [0.15, 0.2) is 16.4 Å². The van der Waals surface area contributed by atoms with Crippen molar-refractivity contribution in [2.45, 2.75) is 44.7 Å². The topological polar surface area (TPSA) is 174 Å². The highest BCUT2D eigenvalue weighted by molar-refractivity contribution is 8.00. The van der Waals surface area contributed by atoms with Crippen molar-refractivity contribution >= 4 is 69.3 Å². The first-order valence-electron chi connectivity index (χ1n) is 9.82. The number of thioether (sulfide) groups is 1. The van der Waals surface area contributed by atoms with Gasteiger partial charge in [-0.3, -0.25) is 14.5 Å². The van der Waals surface area contributed by atoms with Gasteiger partial charge in [-0.15, -0.1) is 11.8 Å². The highest BCUT2D eigenvalue weighted by atomic mass is 35.5. The SMILES string of the molecule is CC1=C(C(=O)O)N2C(=O)C(NC(=O)C(=NOCC(=O)OC(C)(C)C)c3nc(N)sc3Cl)[C@H]2SC1. The van der Waals surface area contributed by atoms with Gasteiger partial charge in [-0.25, -0.2) is 14.6 Å². The summed E-state index contributed by atoms with van der Waals surface area (Å²) in [5.74, 6) is -3.00. The lowest BCUT2D eigenvalue weighted by molar-refractivity contribution is -0.160. The number of anilines is 1. The van der Waals surface area contributed by atoms with Crippen LogP contribution in [0, 0.1) is 0 Å². The summed E-state index contributed by atoms with van der Waals surface area (Å²) in [5, 5.41) is 15.1. The van der Waals surface area contributed by atoms with Gasteiger partial charge in [0.05, 0.1) is 0 Å². The number of rotatable bonds is 7. The zero-order valence-electron chi connectivity index (χ0n) is 18.6. The van der Waals surface area contributed by atoms with Crippen molar-refractivity contribution in [1.29, 1.82) is 0 Å². The molecule has 0 aliphatic carbocycles. The Morgan fingerprint density at radius 2 is 2.06 bits per heavy atom. The summed E-state index contributed by atoms with van der Waals surface area (Å²) in [4.78, 5) is 59.3. The number of nitrogens with two attached hydrogens (primary N) is 1. The maximum atomic E-state index is 13.0. The summed E-state index contributed by atoms with van der Waals surface area (Å²) in [6.45, 7) is 6.08. The molecule has 0 saturated carbocycles. The number of nitrogens with one attached hydrogen (secondary N) is 1. The summed E-state index contributed by atoms with van der Waals surface area (Å²) >= 11 is 8.34. The number of hydrogen-bond donors (Lipinski definition) is 3. The third-order valence-corrected chi connectivity index (χ3v) is 6.96. The number of aromatic nitrogens is 1. The average Bonchev–Trinajstić information content (AvgIpc) is 3.05. The molecular formula is C19H22ClN5O7S2. The van der Waals surface area contributed by atoms with Crippen molar-refractivity contribution in [3.8, 4) is 0 Å². The third kappa shape index (κ3) is 5.45. The van der Waals surface area contributed by atoms with Crippen molar-refractivity contribution in [3.05, 3.63) is 21.3 Å². The molecule has 2 aliphatic heterocycles. The lowest BCUT2D eigenvalue weighted by atomic mass is 10.0. The van der Waals surface area contributed by atoms with Gasteiger partial charge in [-0.2, -0.15) is 0 Å². The molecule has 12 nitrogen and oxygen atoms in total. The number of carboxylic acid groups (broad SMARTS) is 1. The summed E-state index contributed by atoms with van der Waals surface area (Å²) in [7, 11) is 0. The van der Waals surface area contributed by atoms with E-state index >= 15 is 0 Å². The molecule has 3 heterocycles. The predicted octanol–water partition coefficient (Wildman–Crippen LogP) is 1.20. The first-order chi connectivity index (χ1) is 15.8. The monoisotopic (exact) mass is 531 g/mol. The number of aliphatic carboxylic acids is 1. The number of halogens is 1. The molecule has 4 N–H and O–H groups in total. The number of carbonyl (C=O) groups is 4. The van der Waals surface area contributed by atoms with Crippen LogP contribution in [0.3, 0.4) is 0 Å². The second-order valence-electron chi connectivity index (χ2n) is 8.27. The molecule has 1 saturated heterocycles. The Kier molecular flexibility index (Phi) is 7.43. The number of carbonyl (C=O) groups excluding carboxylic acids is 3. The number of esters is 1. The van der Waals surface area contributed by atoms with Gasteiger partial charge in [0.15, 0.2) is 10.8 Å². The molecule has 1 aromatic heterocycles. The summed E-state index contributed by atoms with van der Waals surface area (Å²) in [5.41, 5.74) is 4.88. The van der Waals surface area contributed by atoms with Crippen LogP contribution in [0.1, 0.15) is 33.4 Å². The fourth-order valence-electron chi connectivity index (χ4n) is 3.16. The number of β-lactam (4-membered cyclic amide) rings is 1. The number of carboxylic acids is 1. The van der Waals surface area contributed by atoms with Crippen LogP contribution >= 0.6 is 34.7 Å². The minimum Gasteiger partial charge on any atom is -0.477 e. The maximum Gasteiger partial charge on any atom is 0.352 e. The Morgan fingerprint density at radius 3 is 2.62 bits per heavy atom. The van der Waals surface area contributed by atoms with Crippen molar-refractivity contribution in [2.24, 2.45) is 5.16 Å². The number of amides is 2. The molecule has 2 aliphatic rings. The zero-order valence-corrected chi connectivity index (χ0v) is 21.0. The molecule has 0 aromatic carbocycles. The van der Waals surface area contributed by atoms with Gasteiger partial charge in [-0.1, -0.05) is 28.1 Å². The van der Waals surface area contributed by atoms with Crippen molar-refractivity contribution in [1.82, 2.24) is 15.2 Å². The molecule has 1 unspecified atom stereocenters. The van der Waals surface area contributed by atoms with Crippen molar-refractivity contribution in [3.63, 3.8) is 0 Å². The van der Waals surface area contributed by atoms with Crippen LogP contribution in [0.2, 0.25) is 4.34 Å². The Labute approximate surface area is 207 Å². The van der Waals surface area contributed by atoms with E-state index in [0.717, 1.165) is 16.2 Å². The molecule has 15 heteroatoms. The van der Waals surface area contributed by atoms with E-state index < -0.39 is 53.1 Å². The quantitative estimate of drug-likeness (QED) is 0.201. The molecule has 2 atom stereocenters. The van der Waals surface area contributed by atoms with E-state index in [1.54, 1.807) is 27.7 Å². The number of thiazole rings is 1. The van der Waals surface area contributed by atoms with Gasteiger partial charge in [0.1, 0.15) is 32.7 Å². The van der Waals surface area contributed by atoms with E-state index in [9.17, 15) is 24.3 Å². The van der Waals surface area contributed by atoms with Crippen LogP contribution in [0.25, 0.3) is 0 Å². The highest BCUT2D eigenvalue weighted by Crippen LogP contribution is 2.40. The van der Waals surface area contributed by atoms with Gasteiger partial charge in [0.2, 0.25) is 6.61 Å². The van der Waals surface area contributed by atoms with Crippen LogP contribution < -0.4 is 11.1 Å². The van der Waals surface area contributed by atoms with Crippen molar-refractivity contribution < 1.29 is 33.9 Å². The van der Waals surface area contributed by atoms with Gasteiger partial charge in [0, 0.05) is 5.75 Å². The van der Waals surface area contributed by atoms with Crippen molar-refractivity contribution in [2.75, 3.05) is 18.1 Å². The number of oxime groups is 1. The molecule has 2 amide bonds. The minimum absolute atomic E-state index is 0.0487. The van der Waals surface area contributed by atoms with Crippen LogP contribution in [0.5, 0.6) is 0 Å². The van der Waals surface area contributed by atoms with Gasteiger partial charge in [-0.05, 0) is 33.3 Å². The number of hydrogen-bond acceptors (Lipinski definition) is 11. The number of ether oxygens (including phenoxy) is 1. The maximum absolute atomic E-state index is 13.0. The Bertz CT molecular complexity index is 1110. The lowest BCUT2D eigenvalue weighted by Gasteiger charge is -2.49. The minimum atomic E-state index is -1.22. The van der Waals surface area contributed by atoms with E-state index in [1.165, 1.54) is 11.8 Å². The van der Waals surface area contributed by atoms with Crippen LogP contribution in [-0.2, 0) is 28.8 Å². The van der Waals surface area contributed by atoms with E-state index in [1.807, 2.05) is 0 Å². The number of nitrogens with zero attached hydrogens (tertiary/aromatic N) is 3. The zero-order chi connectivity index (χ0) is 25.4.